The first-order valence-electron chi connectivity index (χ1n) is 8.45. The molecule has 3 rings (SSSR count). The van der Waals surface area contributed by atoms with Crippen molar-refractivity contribution in [3.05, 3.63) is 40.9 Å². The highest BCUT2D eigenvalue weighted by Gasteiger charge is 2.22. The Labute approximate surface area is 153 Å². The molecular weight excluding hydrogens is 338 g/mol. The third kappa shape index (κ3) is 4.02. The monoisotopic (exact) mass is 361 g/mol. The van der Waals surface area contributed by atoms with Crippen LogP contribution in [0.5, 0.6) is 11.5 Å². The summed E-state index contributed by atoms with van der Waals surface area (Å²) in [5.41, 5.74) is 3.74. The Kier molecular flexibility index (Phi) is 5.11. The number of aliphatic hydroxyl groups is 1. The number of nitrogens with one attached hydrogen (secondary N) is 1. The van der Waals surface area contributed by atoms with Gasteiger partial charge in [0.25, 0.3) is 0 Å². The first kappa shape index (κ1) is 17.9. The summed E-state index contributed by atoms with van der Waals surface area (Å²) in [4.78, 5) is 0. The molecule has 0 radical (unpaired) electrons. The van der Waals surface area contributed by atoms with Crippen molar-refractivity contribution in [1.29, 1.82) is 0 Å². The molecule has 4 nitrogen and oxygen atoms in total. The van der Waals surface area contributed by atoms with Gasteiger partial charge in [0.2, 0.25) is 0 Å². The predicted octanol–water partition coefficient (Wildman–Crippen LogP) is 4.73. The van der Waals surface area contributed by atoms with E-state index in [9.17, 15) is 5.11 Å². The average Bonchev–Trinajstić information content (AvgIpc) is 2.59. The summed E-state index contributed by atoms with van der Waals surface area (Å²) in [6.07, 6.45) is 0. The van der Waals surface area contributed by atoms with Crippen molar-refractivity contribution < 1.29 is 14.6 Å². The Morgan fingerprint density at radius 1 is 1.04 bits per heavy atom. The molecular formula is C20H24ClNO3. The molecule has 2 aromatic carbocycles. The number of aliphatic hydroxyl groups excluding tert-OH is 1. The lowest BCUT2D eigenvalue weighted by Crippen LogP contribution is -2.20. The van der Waals surface area contributed by atoms with E-state index in [-0.39, 0.29) is 12.0 Å². The van der Waals surface area contributed by atoms with E-state index in [0.29, 0.717) is 29.7 Å². The number of hydrogen-bond acceptors (Lipinski definition) is 4. The Hall–Kier alpha value is -1.91. The van der Waals surface area contributed by atoms with Crippen LogP contribution in [-0.4, -0.2) is 24.9 Å². The molecule has 25 heavy (non-hydrogen) atoms. The van der Waals surface area contributed by atoms with Crippen LogP contribution in [0.3, 0.4) is 0 Å². The highest BCUT2D eigenvalue weighted by Crippen LogP contribution is 2.45. The zero-order valence-corrected chi connectivity index (χ0v) is 15.6. The summed E-state index contributed by atoms with van der Waals surface area (Å²) in [6.45, 7) is 8.26. The maximum Gasteiger partial charge on any atom is 0.169 e. The summed E-state index contributed by atoms with van der Waals surface area (Å²) in [7, 11) is 0. The zero-order chi connectivity index (χ0) is 18.0. The summed E-state index contributed by atoms with van der Waals surface area (Å²) in [6, 6.07) is 9.62. The summed E-state index contributed by atoms with van der Waals surface area (Å²) < 4.78 is 11.6. The maximum absolute atomic E-state index is 9.56. The Bertz CT molecular complexity index is 768. The number of anilines is 1. The van der Waals surface area contributed by atoms with Gasteiger partial charge in [0.15, 0.2) is 11.5 Å². The molecule has 0 spiro atoms. The van der Waals surface area contributed by atoms with Crippen LogP contribution in [-0.2, 0) is 6.61 Å². The molecule has 0 saturated carbocycles. The van der Waals surface area contributed by atoms with Crippen LogP contribution >= 0.6 is 11.6 Å². The van der Waals surface area contributed by atoms with E-state index in [1.807, 2.05) is 30.3 Å². The van der Waals surface area contributed by atoms with E-state index in [2.05, 4.69) is 26.1 Å². The van der Waals surface area contributed by atoms with E-state index in [4.69, 9.17) is 21.1 Å². The van der Waals surface area contributed by atoms with Gasteiger partial charge in [0, 0.05) is 33.9 Å². The van der Waals surface area contributed by atoms with Crippen LogP contribution in [0, 0.1) is 5.41 Å². The van der Waals surface area contributed by atoms with Gasteiger partial charge in [-0.05, 0) is 29.7 Å². The van der Waals surface area contributed by atoms with Gasteiger partial charge in [-0.3, -0.25) is 0 Å². The number of halogens is 1. The second-order valence-electron chi connectivity index (χ2n) is 7.39. The molecule has 0 aromatic heterocycles. The second kappa shape index (κ2) is 7.14. The lowest BCUT2D eigenvalue weighted by Gasteiger charge is -2.25. The molecule has 2 aromatic rings. The molecule has 2 N–H and O–H groups in total. The fourth-order valence-corrected chi connectivity index (χ4v) is 2.95. The Morgan fingerprint density at radius 2 is 1.76 bits per heavy atom. The van der Waals surface area contributed by atoms with E-state index in [0.717, 1.165) is 28.9 Å². The van der Waals surface area contributed by atoms with Crippen LogP contribution in [0.4, 0.5) is 5.69 Å². The lowest BCUT2D eigenvalue weighted by atomic mass is 9.95. The van der Waals surface area contributed by atoms with E-state index in [1.54, 1.807) is 0 Å². The first-order chi connectivity index (χ1) is 11.9. The summed E-state index contributed by atoms with van der Waals surface area (Å²) in [5, 5.41) is 13.7. The van der Waals surface area contributed by atoms with Crippen LogP contribution in [0.15, 0.2) is 30.3 Å². The normalized spacial score (nSPS) is 13.6. The van der Waals surface area contributed by atoms with Crippen molar-refractivity contribution in [2.24, 2.45) is 5.41 Å². The fraction of sp³-hybridized carbons (Fsp3) is 0.400. The molecule has 0 amide bonds. The smallest absolute Gasteiger partial charge is 0.169 e. The van der Waals surface area contributed by atoms with Crippen molar-refractivity contribution in [3.8, 4) is 22.6 Å². The minimum absolute atomic E-state index is 0.0867. The fourth-order valence-electron chi connectivity index (χ4n) is 2.78. The first-order valence-corrected chi connectivity index (χ1v) is 8.83. The van der Waals surface area contributed by atoms with Gasteiger partial charge in [-0.25, -0.2) is 0 Å². The third-order valence-electron chi connectivity index (χ3n) is 4.02. The average molecular weight is 362 g/mol. The number of rotatable bonds is 4. The van der Waals surface area contributed by atoms with Crippen molar-refractivity contribution in [2.45, 2.75) is 27.4 Å². The van der Waals surface area contributed by atoms with Crippen molar-refractivity contribution >= 4 is 17.3 Å². The van der Waals surface area contributed by atoms with Crippen molar-refractivity contribution in [3.63, 3.8) is 0 Å². The van der Waals surface area contributed by atoms with Gasteiger partial charge in [-0.2, -0.15) is 0 Å². The SMILES string of the molecule is CC(C)(C)CNc1ccc(Cl)cc1-c1ccc(CO)c2c1OCCO2. The van der Waals surface area contributed by atoms with E-state index < -0.39 is 0 Å². The summed E-state index contributed by atoms with van der Waals surface area (Å²) in [5.74, 6) is 1.28. The minimum atomic E-state index is -0.0867. The van der Waals surface area contributed by atoms with Crippen molar-refractivity contribution in [1.82, 2.24) is 0 Å². The van der Waals surface area contributed by atoms with Crippen LogP contribution in [0.25, 0.3) is 11.1 Å². The molecule has 0 fully saturated rings. The molecule has 5 heteroatoms. The minimum Gasteiger partial charge on any atom is -0.486 e. The topological polar surface area (TPSA) is 50.7 Å². The van der Waals surface area contributed by atoms with Gasteiger partial charge in [0.05, 0.1) is 6.61 Å². The quantitative estimate of drug-likeness (QED) is 0.826. The Balaban J connectivity index is 2.08. The van der Waals surface area contributed by atoms with Gasteiger partial charge < -0.3 is 19.9 Å². The Morgan fingerprint density at radius 3 is 2.44 bits per heavy atom. The molecule has 0 saturated heterocycles. The number of hydrogen-bond donors (Lipinski definition) is 2. The number of fused-ring (bicyclic) bond motifs is 1. The van der Waals surface area contributed by atoms with Gasteiger partial charge in [-0.1, -0.05) is 38.4 Å². The molecule has 0 atom stereocenters. The second-order valence-corrected chi connectivity index (χ2v) is 7.83. The van der Waals surface area contributed by atoms with Gasteiger partial charge in [-0.15, -0.1) is 0 Å². The number of ether oxygens (including phenoxy) is 2. The molecule has 134 valence electrons. The molecule has 1 heterocycles. The van der Waals surface area contributed by atoms with Gasteiger partial charge in [0.1, 0.15) is 13.2 Å². The molecule has 0 aliphatic carbocycles. The molecule has 1 aliphatic heterocycles. The van der Waals surface area contributed by atoms with Crippen molar-refractivity contribution in [2.75, 3.05) is 25.1 Å². The summed E-state index contributed by atoms with van der Waals surface area (Å²) >= 11 is 6.26. The molecule has 0 bridgehead atoms. The standard InChI is InChI=1S/C20H24ClNO3/c1-20(2,3)12-22-17-7-5-14(21)10-16(17)15-6-4-13(11-23)18-19(15)25-9-8-24-18/h4-7,10,22-23H,8-9,11-12H2,1-3H3. The van der Waals surface area contributed by atoms with Crippen LogP contribution in [0.1, 0.15) is 26.3 Å². The van der Waals surface area contributed by atoms with Crippen LogP contribution in [0.2, 0.25) is 5.02 Å². The van der Waals surface area contributed by atoms with E-state index in [1.165, 1.54) is 0 Å². The highest BCUT2D eigenvalue weighted by atomic mass is 35.5. The lowest BCUT2D eigenvalue weighted by molar-refractivity contribution is 0.166. The largest absolute Gasteiger partial charge is 0.486 e. The highest BCUT2D eigenvalue weighted by molar-refractivity contribution is 6.31. The van der Waals surface area contributed by atoms with Crippen LogP contribution < -0.4 is 14.8 Å². The zero-order valence-electron chi connectivity index (χ0n) is 14.9. The molecule has 0 unspecified atom stereocenters. The predicted molar refractivity (Wildman–Crippen MR) is 102 cm³/mol. The number of benzene rings is 2. The van der Waals surface area contributed by atoms with E-state index >= 15 is 0 Å². The maximum atomic E-state index is 9.56. The molecule has 1 aliphatic rings. The van der Waals surface area contributed by atoms with Gasteiger partial charge >= 0.3 is 0 Å². The third-order valence-corrected chi connectivity index (χ3v) is 4.26.